The summed E-state index contributed by atoms with van der Waals surface area (Å²) in [6, 6.07) is 3.82. The molecule has 1 aliphatic rings. The Labute approximate surface area is 152 Å². The molecule has 1 aliphatic heterocycles. The number of carbonyl (C=O) groups is 1. The Balaban J connectivity index is 0.00000288. The fourth-order valence-electron chi connectivity index (χ4n) is 2.43. The van der Waals surface area contributed by atoms with Crippen molar-refractivity contribution >= 4 is 29.9 Å². The van der Waals surface area contributed by atoms with E-state index in [-0.39, 0.29) is 36.0 Å². The number of amides is 1. The van der Waals surface area contributed by atoms with Crippen molar-refractivity contribution in [3.05, 3.63) is 29.0 Å². The molecule has 1 aromatic rings. The highest BCUT2D eigenvalue weighted by Crippen LogP contribution is 2.25. The molecule has 1 aromatic carbocycles. The van der Waals surface area contributed by atoms with Crippen LogP contribution in [0.3, 0.4) is 0 Å². The molecule has 2 N–H and O–H groups in total. The lowest BCUT2D eigenvalue weighted by molar-refractivity contribution is -0.136. The first kappa shape index (κ1) is 21.0. The lowest BCUT2D eigenvalue weighted by Crippen LogP contribution is -2.43. The fraction of sp³-hybridized carbons (Fsp3) is 0.562. The molecule has 1 amide bonds. The van der Waals surface area contributed by atoms with E-state index in [1.165, 1.54) is 12.1 Å². The van der Waals surface area contributed by atoms with E-state index in [9.17, 15) is 9.18 Å². The summed E-state index contributed by atoms with van der Waals surface area (Å²) in [5.41, 5.74) is 5.43. The van der Waals surface area contributed by atoms with Crippen LogP contribution in [0.4, 0.5) is 4.39 Å². The summed E-state index contributed by atoms with van der Waals surface area (Å²) < 4.78 is 24.0. The molecule has 1 saturated heterocycles. The molecule has 0 atom stereocenters. The van der Waals surface area contributed by atoms with Gasteiger partial charge in [-0.25, -0.2) is 4.39 Å². The van der Waals surface area contributed by atoms with Crippen molar-refractivity contribution in [2.45, 2.75) is 25.4 Å². The maximum atomic E-state index is 13.0. The molecule has 8 heteroatoms. The first-order chi connectivity index (χ1) is 11.1. The number of likely N-dealkylation sites (tertiary alicyclic amines) is 1. The van der Waals surface area contributed by atoms with E-state index >= 15 is 0 Å². The molecule has 0 bridgehead atoms. The van der Waals surface area contributed by atoms with Gasteiger partial charge in [0.2, 0.25) is 0 Å². The third-order valence-corrected chi connectivity index (χ3v) is 4.04. The van der Waals surface area contributed by atoms with Crippen LogP contribution in [-0.2, 0) is 9.53 Å². The second-order valence-corrected chi connectivity index (χ2v) is 5.86. The lowest BCUT2D eigenvalue weighted by atomic mass is 10.1. The van der Waals surface area contributed by atoms with Gasteiger partial charge >= 0.3 is 0 Å². The van der Waals surface area contributed by atoms with E-state index in [4.69, 9.17) is 26.8 Å². The van der Waals surface area contributed by atoms with Crippen molar-refractivity contribution in [3.63, 3.8) is 0 Å². The monoisotopic (exact) mass is 380 g/mol. The van der Waals surface area contributed by atoms with Gasteiger partial charge in [0.15, 0.2) is 6.61 Å². The number of halogens is 3. The van der Waals surface area contributed by atoms with Crippen LogP contribution in [0.5, 0.6) is 5.75 Å². The minimum absolute atomic E-state index is 0. The Hall–Kier alpha value is -1.08. The molecule has 0 saturated carbocycles. The molecule has 0 aliphatic carbocycles. The van der Waals surface area contributed by atoms with Crippen molar-refractivity contribution < 1.29 is 18.7 Å². The van der Waals surface area contributed by atoms with Gasteiger partial charge in [0.1, 0.15) is 11.6 Å². The van der Waals surface area contributed by atoms with Crippen molar-refractivity contribution in [2.75, 3.05) is 32.8 Å². The molecular weight excluding hydrogens is 358 g/mol. The zero-order chi connectivity index (χ0) is 16.7. The highest BCUT2D eigenvalue weighted by molar-refractivity contribution is 6.32. The van der Waals surface area contributed by atoms with Gasteiger partial charge in [0, 0.05) is 19.7 Å². The van der Waals surface area contributed by atoms with E-state index in [0.29, 0.717) is 32.0 Å². The smallest absolute Gasteiger partial charge is 0.260 e. The lowest BCUT2D eigenvalue weighted by Gasteiger charge is -2.32. The summed E-state index contributed by atoms with van der Waals surface area (Å²) in [5, 5.41) is 0.157. The van der Waals surface area contributed by atoms with Gasteiger partial charge in [0.05, 0.1) is 11.1 Å². The summed E-state index contributed by atoms with van der Waals surface area (Å²) in [4.78, 5) is 13.9. The standard InChI is InChI=1S/C16H22ClFN2O3.ClH/c17-14-10-12(18)2-3-15(14)23-11-16(21)20-7-4-13(5-8-20)22-9-1-6-19;/h2-3,10,13H,1,4-9,11,19H2;1H. The van der Waals surface area contributed by atoms with Gasteiger partial charge in [-0.15, -0.1) is 12.4 Å². The van der Waals surface area contributed by atoms with Crippen molar-refractivity contribution in [1.29, 1.82) is 0 Å². The van der Waals surface area contributed by atoms with Gasteiger partial charge in [-0.3, -0.25) is 4.79 Å². The van der Waals surface area contributed by atoms with Crippen LogP contribution < -0.4 is 10.5 Å². The van der Waals surface area contributed by atoms with E-state index in [1.54, 1.807) is 4.90 Å². The number of nitrogens with two attached hydrogens (primary N) is 1. The third-order valence-electron chi connectivity index (χ3n) is 3.74. The maximum Gasteiger partial charge on any atom is 0.260 e. The van der Waals surface area contributed by atoms with E-state index in [1.807, 2.05) is 0 Å². The van der Waals surface area contributed by atoms with Crippen LogP contribution in [0.1, 0.15) is 19.3 Å². The highest BCUT2D eigenvalue weighted by atomic mass is 35.5. The SMILES string of the molecule is Cl.NCCCOC1CCN(C(=O)COc2ccc(F)cc2Cl)CC1. The van der Waals surface area contributed by atoms with Crippen LogP contribution in [0, 0.1) is 5.82 Å². The van der Waals surface area contributed by atoms with Crippen molar-refractivity contribution in [2.24, 2.45) is 5.73 Å². The summed E-state index contributed by atoms with van der Waals surface area (Å²) >= 11 is 5.86. The largest absolute Gasteiger partial charge is 0.482 e. The van der Waals surface area contributed by atoms with Crippen LogP contribution in [0.15, 0.2) is 18.2 Å². The van der Waals surface area contributed by atoms with Crippen LogP contribution in [0.2, 0.25) is 5.02 Å². The number of hydrogen-bond acceptors (Lipinski definition) is 4. The number of rotatable bonds is 7. The molecule has 0 aromatic heterocycles. The average Bonchev–Trinajstić information content (AvgIpc) is 2.55. The molecule has 24 heavy (non-hydrogen) atoms. The van der Waals surface area contributed by atoms with Gasteiger partial charge in [0.25, 0.3) is 5.91 Å². The Kier molecular flexibility index (Phi) is 9.36. The Bertz CT molecular complexity index is 526. The normalized spacial score (nSPS) is 15.0. The molecule has 0 unspecified atom stereocenters. The topological polar surface area (TPSA) is 64.8 Å². The summed E-state index contributed by atoms with van der Waals surface area (Å²) in [7, 11) is 0. The van der Waals surface area contributed by atoms with E-state index in [0.717, 1.165) is 25.3 Å². The summed E-state index contributed by atoms with van der Waals surface area (Å²) in [6.07, 6.45) is 2.67. The molecular formula is C16H23Cl2FN2O3. The number of piperidine rings is 1. The van der Waals surface area contributed by atoms with Crippen molar-refractivity contribution in [3.8, 4) is 5.75 Å². The van der Waals surface area contributed by atoms with Crippen LogP contribution in [-0.4, -0.2) is 49.8 Å². The molecule has 136 valence electrons. The molecule has 1 fully saturated rings. The maximum absolute atomic E-state index is 13.0. The molecule has 2 rings (SSSR count). The first-order valence-corrected chi connectivity index (χ1v) is 8.15. The summed E-state index contributed by atoms with van der Waals surface area (Å²) in [5.74, 6) is -0.238. The fourth-order valence-corrected chi connectivity index (χ4v) is 2.65. The summed E-state index contributed by atoms with van der Waals surface area (Å²) in [6.45, 7) is 2.48. The molecule has 0 spiro atoms. The number of hydrogen-bond donors (Lipinski definition) is 1. The second-order valence-electron chi connectivity index (χ2n) is 5.46. The second kappa shape index (κ2) is 10.7. The molecule has 0 radical (unpaired) electrons. The molecule has 5 nitrogen and oxygen atoms in total. The van der Waals surface area contributed by atoms with Crippen LogP contribution in [0.25, 0.3) is 0 Å². The van der Waals surface area contributed by atoms with Crippen molar-refractivity contribution in [1.82, 2.24) is 4.90 Å². The number of carbonyl (C=O) groups excluding carboxylic acids is 1. The number of benzene rings is 1. The number of ether oxygens (including phenoxy) is 2. The number of nitrogens with zero attached hydrogens (tertiary/aromatic N) is 1. The minimum atomic E-state index is -0.439. The minimum Gasteiger partial charge on any atom is -0.482 e. The average molecular weight is 381 g/mol. The van der Waals surface area contributed by atoms with Gasteiger partial charge in [-0.05, 0) is 44.0 Å². The quantitative estimate of drug-likeness (QED) is 0.738. The van der Waals surface area contributed by atoms with Crippen LogP contribution >= 0.6 is 24.0 Å². The Morgan fingerprint density at radius 3 is 2.71 bits per heavy atom. The predicted molar refractivity (Wildman–Crippen MR) is 93.4 cm³/mol. The van der Waals surface area contributed by atoms with E-state index < -0.39 is 5.82 Å². The zero-order valence-corrected chi connectivity index (χ0v) is 15.0. The third kappa shape index (κ3) is 6.43. The van der Waals surface area contributed by atoms with E-state index in [2.05, 4.69) is 0 Å². The Morgan fingerprint density at radius 2 is 2.08 bits per heavy atom. The zero-order valence-electron chi connectivity index (χ0n) is 13.4. The predicted octanol–water partition coefficient (Wildman–Crippen LogP) is 2.64. The van der Waals surface area contributed by atoms with Gasteiger partial charge in [-0.1, -0.05) is 11.6 Å². The first-order valence-electron chi connectivity index (χ1n) is 7.77. The van der Waals surface area contributed by atoms with Gasteiger partial charge in [-0.2, -0.15) is 0 Å². The highest BCUT2D eigenvalue weighted by Gasteiger charge is 2.23. The Morgan fingerprint density at radius 1 is 1.38 bits per heavy atom. The van der Waals surface area contributed by atoms with Gasteiger partial charge < -0.3 is 20.1 Å². The molecule has 1 heterocycles.